The first kappa shape index (κ1) is 14.2. The van der Waals surface area contributed by atoms with Crippen molar-refractivity contribution in [2.45, 2.75) is 48.6 Å². The number of hydrogen-bond acceptors (Lipinski definition) is 5. The van der Waals surface area contributed by atoms with Crippen LogP contribution in [-0.4, -0.2) is 29.9 Å². The number of H-pyrrole nitrogens is 1. The zero-order valence-corrected chi connectivity index (χ0v) is 14.0. The van der Waals surface area contributed by atoms with E-state index in [1.165, 1.54) is 31.5 Å². The number of rotatable bonds is 6. The molecule has 6 nitrogen and oxygen atoms in total. The van der Waals surface area contributed by atoms with E-state index in [0.29, 0.717) is 12.0 Å². The minimum Gasteiger partial charge on any atom is -0.311 e. The molecule has 0 spiro atoms. The lowest BCUT2D eigenvalue weighted by molar-refractivity contribution is 0.661. The number of aromatic nitrogens is 6. The number of nitrogens with one attached hydrogen (secondary N) is 1. The van der Waals surface area contributed by atoms with E-state index in [9.17, 15) is 0 Å². The lowest BCUT2D eigenvalue weighted by atomic mass is 10.2. The molecule has 24 heavy (non-hydrogen) atoms. The number of hydrogen-bond donors (Lipinski definition) is 1. The van der Waals surface area contributed by atoms with Gasteiger partial charge in [0.1, 0.15) is 11.6 Å². The Balaban J connectivity index is 1.32. The Kier molecular flexibility index (Phi) is 3.40. The van der Waals surface area contributed by atoms with Gasteiger partial charge in [-0.1, -0.05) is 42.1 Å². The zero-order valence-electron chi connectivity index (χ0n) is 13.2. The smallest absolute Gasteiger partial charge is 0.209 e. The van der Waals surface area contributed by atoms with Crippen LogP contribution in [-0.2, 0) is 5.75 Å². The highest BCUT2D eigenvalue weighted by molar-refractivity contribution is 7.98. The summed E-state index contributed by atoms with van der Waals surface area (Å²) in [4.78, 5) is 4.58. The maximum absolute atomic E-state index is 4.58. The monoisotopic (exact) mass is 338 g/mol. The van der Waals surface area contributed by atoms with Gasteiger partial charge in [0, 0.05) is 17.5 Å². The van der Waals surface area contributed by atoms with Crippen molar-refractivity contribution in [3.8, 4) is 11.4 Å². The van der Waals surface area contributed by atoms with Crippen molar-refractivity contribution >= 4 is 11.8 Å². The van der Waals surface area contributed by atoms with E-state index in [0.717, 1.165) is 28.1 Å². The number of benzene rings is 1. The molecule has 3 aromatic rings. The number of aromatic amines is 1. The molecule has 2 aromatic heterocycles. The van der Waals surface area contributed by atoms with Crippen molar-refractivity contribution in [2.75, 3.05) is 0 Å². The van der Waals surface area contributed by atoms with Crippen LogP contribution in [0.3, 0.4) is 0 Å². The van der Waals surface area contributed by atoms with Crippen LogP contribution in [0, 0.1) is 0 Å². The average Bonchev–Trinajstić information content (AvgIpc) is 3.55. The molecule has 1 N–H and O–H groups in total. The molecular formula is C17H18N6S. The molecule has 1 aromatic carbocycles. The van der Waals surface area contributed by atoms with Crippen molar-refractivity contribution in [1.29, 1.82) is 0 Å². The zero-order chi connectivity index (χ0) is 15.9. The molecule has 0 bridgehead atoms. The van der Waals surface area contributed by atoms with Crippen LogP contribution in [0.2, 0.25) is 0 Å². The third kappa shape index (κ3) is 2.73. The quantitative estimate of drug-likeness (QED) is 0.696. The lowest BCUT2D eigenvalue weighted by Gasteiger charge is -2.07. The van der Waals surface area contributed by atoms with Gasteiger partial charge in [-0.05, 0) is 25.7 Å². The van der Waals surface area contributed by atoms with Crippen molar-refractivity contribution in [2.24, 2.45) is 0 Å². The highest BCUT2D eigenvalue weighted by Crippen LogP contribution is 2.45. The minimum atomic E-state index is 0.623. The summed E-state index contributed by atoms with van der Waals surface area (Å²) in [5.41, 5.74) is 1.05. The number of thioether (sulfide) groups is 1. The molecule has 122 valence electrons. The molecule has 0 atom stereocenters. The molecule has 0 unspecified atom stereocenters. The van der Waals surface area contributed by atoms with Gasteiger partial charge in [0.15, 0.2) is 5.82 Å². The molecule has 2 aliphatic carbocycles. The fourth-order valence-corrected chi connectivity index (χ4v) is 3.67. The molecule has 5 rings (SSSR count). The van der Waals surface area contributed by atoms with Gasteiger partial charge in [-0.25, -0.2) is 4.98 Å². The molecule has 0 aliphatic heterocycles. The Morgan fingerprint density at radius 2 is 1.92 bits per heavy atom. The normalized spacial score (nSPS) is 17.3. The maximum atomic E-state index is 4.58. The number of nitrogens with zero attached hydrogens (tertiary/aromatic N) is 5. The summed E-state index contributed by atoms with van der Waals surface area (Å²) in [6.07, 6.45) is 5.04. The van der Waals surface area contributed by atoms with E-state index in [4.69, 9.17) is 0 Å². The first-order valence-corrected chi connectivity index (χ1v) is 9.41. The fourth-order valence-electron chi connectivity index (χ4n) is 2.95. The molecule has 0 radical (unpaired) electrons. The van der Waals surface area contributed by atoms with Gasteiger partial charge in [0.05, 0.1) is 5.75 Å². The molecule has 2 fully saturated rings. The van der Waals surface area contributed by atoms with Crippen LogP contribution in [0.5, 0.6) is 0 Å². The predicted molar refractivity (Wildman–Crippen MR) is 91.6 cm³/mol. The van der Waals surface area contributed by atoms with E-state index in [1.54, 1.807) is 11.8 Å². The standard InChI is InChI=1S/C17H18N6S/c1-2-4-11(5-3-1)15-18-17(22-20-15)24-10-14-19-21-16(12-6-7-12)23(14)13-8-9-13/h1-5,12-13H,6-10H2,(H,18,20,22). The Hall–Kier alpha value is -2.15. The van der Waals surface area contributed by atoms with Crippen LogP contribution in [0.15, 0.2) is 35.5 Å². The Bertz CT molecular complexity index is 847. The second kappa shape index (κ2) is 5.73. The van der Waals surface area contributed by atoms with Gasteiger partial charge in [-0.3, -0.25) is 5.10 Å². The summed E-state index contributed by atoms with van der Waals surface area (Å²) >= 11 is 1.62. The van der Waals surface area contributed by atoms with Crippen LogP contribution >= 0.6 is 11.8 Å². The van der Waals surface area contributed by atoms with Crippen LogP contribution in [0.25, 0.3) is 11.4 Å². The van der Waals surface area contributed by atoms with Gasteiger partial charge in [0.2, 0.25) is 5.16 Å². The second-order valence-electron chi connectivity index (χ2n) is 6.47. The summed E-state index contributed by atoms with van der Waals surface area (Å²) in [5.74, 6) is 4.48. The van der Waals surface area contributed by atoms with Gasteiger partial charge >= 0.3 is 0 Å². The van der Waals surface area contributed by atoms with E-state index < -0.39 is 0 Å². The average molecular weight is 338 g/mol. The van der Waals surface area contributed by atoms with Crippen LogP contribution in [0.1, 0.15) is 49.3 Å². The fraction of sp³-hybridized carbons (Fsp3) is 0.412. The molecule has 2 saturated carbocycles. The van der Waals surface area contributed by atoms with Crippen molar-refractivity contribution in [1.82, 2.24) is 29.9 Å². The van der Waals surface area contributed by atoms with Gasteiger partial charge in [-0.2, -0.15) is 0 Å². The molecular weight excluding hydrogens is 320 g/mol. The lowest BCUT2D eigenvalue weighted by Crippen LogP contribution is -2.04. The van der Waals surface area contributed by atoms with Gasteiger partial charge < -0.3 is 4.57 Å². The Morgan fingerprint density at radius 3 is 2.67 bits per heavy atom. The van der Waals surface area contributed by atoms with Gasteiger partial charge in [-0.15, -0.1) is 15.3 Å². The van der Waals surface area contributed by atoms with Crippen LogP contribution < -0.4 is 0 Å². The highest BCUT2D eigenvalue weighted by atomic mass is 32.2. The SMILES string of the molecule is c1ccc(-c2nc(SCc3nnc(C4CC4)n3C3CC3)n[nH]2)cc1. The van der Waals surface area contributed by atoms with E-state index >= 15 is 0 Å². The van der Waals surface area contributed by atoms with E-state index in [-0.39, 0.29) is 0 Å². The van der Waals surface area contributed by atoms with Crippen molar-refractivity contribution in [3.63, 3.8) is 0 Å². The molecule has 0 amide bonds. The Morgan fingerprint density at radius 1 is 1.08 bits per heavy atom. The minimum absolute atomic E-state index is 0.623. The van der Waals surface area contributed by atoms with E-state index in [1.807, 2.05) is 30.3 Å². The molecule has 0 saturated heterocycles. The second-order valence-corrected chi connectivity index (χ2v) is 7.41. The summed E-state index contributed by atoms with van der Waals surface area (Å²) in [6, 6.07) is 10.7. The summed E-state index contributed by atoms with van der Waals surface area (Å²) in [7, 11) is 0. The van der Waals surface area contributed by atoms with Crippen molar-refractivity contribution < 1.29 is 0 Å². The molecule has 2 heterocycles. The third-order valence-corrected chi connectivity index (χ3v) is 5.33. The van der Waals surface area contributed by atoms with Crippen LogP contribution in [0.4, 0.5) is 0 Å². The van der Waals surface area contributed by atoms with Crippen molar-refractivity contribution in [3.05, 3.63) is 42.0 Å². The first-order valence-electron chi connectivity index (χ1n) is 8.43. The maximum Gasteiger partial charge on any atom is 0.209 e. The molecule has 7 heteroatoms. The summed E-state index contributed by atoms with van der Waals surface area (Å²) < 4.78 is 2.38. The first-order chi connectivity index (χ1) is 11.9. The van der Waals surface area contributed by atoms with E-state index in [2.05, 4.69) is 29.9 Å². The topological polar surface area (TPSA) is 72.3 Å². The van der Waals surface area contributed by atoms with Gasteiger partial charge in [0.25, 0.3) is 0 Å². The summed E-state index contributed by atoms with van der Waals surface area (Å²) in [6.45, 7) is 0. The Labute approximate surface area is 144 Å². The summed E-state index contributed by atoms with van der Waals surface area (Å²) in [5, 5.41) is 17.0. The third-order valence-electron chi connectivity index (χ3n) is 4.49. The molecule has 2 aliphatic rings. The largest absolute Gasteiger partial charge is 0.311 e. The predicted octanol–water partition coefficient (Wildman–Crippen LogP) is 3.57. The highest BCUT2D eigenvalue weighted by Gasteiger charge is 2.36.